The van der Waals surface area contributed by atoms with Crippen LogP contribution in [-0.4, -0.2) is 25.4 Å². The molecule has 0 bridgehead atoms. The minimum absolute atomic E-state index is 0.0869. The Morgan fingerprint density at radius 1 is 1.33 bits per heavy atom. The zero-order valence-electron chi connectivity index (χ0n) is 13.8. The van der Waals surface area contributed by atoms with Gasteiger partial charge in [-0.15, -0.1) is 0 Å². The molecule has 0 saturated carbocycles. The Morgan fingerprint density at radius 3 is 2.96 bits per heavy atom. The Kier molecular flexibility index (Phi) is 4.80. The van der Waals surface area contributed by atoms with E-state index < -0.39 is 0 Å². The second kappa shape index (κ2) is 7.00. The van der Waals surface area contributed by atoms with Gasteiger partial charge in [0.2, 0.25) is 5.91 Å². The summed E-state index contributed by atoms with van der Waals surface area (Å²) in [6.45, 7) is 2.35. The number of carbonyl (C=O) groups excluding carboxylic acids is 1. The van der Waals surface area contributed by atoms with Gasteiger partial charge in [-0.25, -0.2) is 9.48 Å². The lowest BCUT2D eigenvalue weighted by atomic mass is 10.1. The summed E-state index contributed by atoms with van der Waals surface area (Å²) in [7, 11) is 0. The van der Waals surface area contributed by atoms with Crippen LogP contribution in [0.4, 0.5) is 5.69 Å². The molecule has 24 heavy (non-hydrogen) atoms. The smallest absolute Gasteiger partial charge is 0.346 e. The third-order valence-electron chi connectivity index (χ3n) is 4.33. The maximum atomic E-state index is 12.4. The number of amides is 1. The fraction of sp³-hybridized carbons (Fsp3) is 0.471. The van der Waals surface area contributed by atoms with Crippen molar-refractivity contribution < 1.29 is 9.90 Å². The largest absolute Gasteiger partial charge is 0.392 e. The van der Waals surface area contributed by atoms with Gasteiger partial charge in [0.15, 0.2) is 0 Å². The van der Waals surface area contributed by atoms with Crippen molar-refractivity contribution in [1.29, 1.82) is 0 Å². The molecule has 1 amide bonds. The molecule has 7 heteroatoms. The third kappa shape index (κ3) is 3.41. The Balaban J connectivity index is 1.75. The van der Waals surface area contributed by atoms with Crippen LogP contribution in [0.15, 0.2) is 23.0 Å². The van der Waals surface area contributed by atoms with E-state index in [0.29, 0.717) is 12.2 Å². The molecule has 2 N–H and O–H groups in total. The first kappa shape index (κ1) is 16.4. The summed E-state index contributed by atoms with van der Waals surface area (Å²) in [5.41, 5.74) is 2.04. The van der Waals surface area contributed by atoms with Crippen molar-refractivity contribution in [3.63, 3.8) is 0 Å². The van der Waals surface area contributed by atoms with Gasteiger partial charge in [0.1, 0.15) is 12.4 Å². The Hall–Kier alpha value is -2.41. The number of fused-ring (bicyclic) bond motifs is 1. The molecular formula is C17H22N4O3. The van der Waals surface area contributed by atoms with Crippen LogP contribution >= 0.6 is 0 Å². The summed E-state index contributed by atoms with van der Waals surface area (Å²) >= 11 is 0. The second-order valence-corrected chi connectivity index (χ2v) is 6.17. The van der Waals surface area contributed by atoms with E-state index in [4.69, 9.17) is 0 Å². The van der Waals surface area contributed by atoms with Crippen LogP contribution in [0, 0.1) is 6.92 Å². The van der Waals surface area contributed by atoms with E-state index in [1.807, 2.05) is 19.1 Å². The molecule has 0 spiro atoms. The first-order chi connectivity index (χ1) is 11.6. The average Bonchev–Trinajstić information content (AvgIpc) is 2.75. The third-order valence-corrected chi connectivity index (χ3v) is 4.33. The average molecular weight is 330 g/mol. The van der Waals surface area contributed by atoms with E-state index in [0.717, 1.165) is 42.6 Å². The molecule has 128 valence electrons. The summed E-state index contributed by atoms with van der Waals surface area (Å²) in [6.07, 6.45) is 3.87. The standard InChI is InChI=1S/C17H22N4O3/c1-12-6-7-13(11-22)9-14(12)18-16(23)10-21-17(24)20-8-4-2-3-5-15(20)19-21/h6-7,9,22H,2-5,8,10-11H2,1H3,(H,18,23). The summed E-state index contributed by atoms with van der Waals surface area (Å²) in [5.74, 6) is 0.465. The first-order valence-corrected chi connectivity index (χ1v) is 8.25. The number of nitrogens with one attached hydrogen (secondary N) is 1. The second-order valence-electron chi connectivity index (χ2n) is 6.17. The normalized spacial score (nSPS) is 14.1. The van der Waals surface area contributed by atoms with Crippen LogP contribution in [0.25, 0.3) is 0 Å². The van der Waals surface area contributed by atoms with Gasteiger partial charge in [-0.2, -0.15) is 5.10 Å². The maximum absolute atomic E-state index is 12.4. The lowest BCUT2D eigenvalue weighted by molar-refractivity contribution is -0.117. The predicted molar refractivity (Wildman–Crippen MR) is 89.8 cm³/mol. The lowest BCUT2D eigenvalue weighted by Gasteiger charge is -2.09. The molecule has 2 aromatic rings. The number of benzene rings is 1. The Labute approximate surface area is 139 Å². The molecule has 0 aliphatic carbocycles. The van der Waals surface area contributed by atoms with Crippen LogP contribution < -0.4 is 11.0 Å². The topological polar surface area (TPSA) is 89.2 Å². The fourth-order valence-electron chi connectivity index (χ4n) is 2.96. The quantitative estimate of drug-likeness (QED) is 0.882. The number of aromatic nitrogens is 3. The molecule has 2 heterocycles. The minimum atomic E-state index is -0.302. The minimum Gasteiger partial charge on any atom is -0.392 e. The number of aliphatic hydroxyl groups excluding tert-OH is 1. The molecule has 7 nitrogen and oxygen atoms in total. The molecule has 0 unspecified atom stereocenters. The fourth-order valence-corrected chi connectivity index (χ4v) is 2.96. The van der Waals surface area contributed by atoms with Crippen molar-refractivity contribution in [3.8, 4) is 0 Å². The summed E-state index contributed by atoms with van der Waals surface area (Å²) in [5, 5.41) is 16.3. The summed E-state index contributed by atoms with van der Waals surface area (Å²) in [6, 6.07) is 5.38. The molecular weight excluding hydrogens is 308 g/mol. The molecule has 1 aromatic heterocycles. The molecule has 3 rings (SSSR count). The van der Waals surface area contributed by atoms with Gasteiger partial charge in [0.05, 0.1) is 6.61 Å². The van der Waals surface area contributed by atoms with E-state index in [2.05, 4.69) is 10.4 Å². The van der Waals surface area contributed by atoms with Gasteiger partial charge in [-0.1, -0.05) is 18.6 Å². The van der Waals surface area contributed by atoms with Gasteiger partial charge in [-0.05, 0) is 37.0 Å². The van der Waals surface area contributed by atoms with Crippen LogP contribution in [-0.2, 0) is 30.9 Å². The SMILES string of the molecule is Cc1ccc(CO)cc1NC(=O)Cn1nc2n(c1=O)CCCCC2. The molecule has 0 radical (unpaired) electrons. The highest BCUT2D eigenvalue weighted by atomic mass is 16.3. The van der Waals surface area contributed by atoms with Crippen molar-refractivity contribution in [1.82, 2.24) is 14.3 Å². The zero-order valence-corrected chi connectivity index (χ0v) is 13.8. The van der Waals surface area contributed by atoms with Gasteiger partial charge < -0.3 is 10.4 Å². The molecule has 0 atom stereocenters. The van der Waals surface area contributed by atoms with E-state index >= 15 is 0 Å². The molecule has 0 fully saturated rings. The molecule has 1 aromatic carbocycles. The molecule has 1 aliphatic heterocycles. The Morgan fingerprint density at radius 2 is 2.17 bits per heavy atom. The van der Waals surface area contributed by atoms with Crippen LogP contribution in [0.5, 0.6) is 0 Å². The number of hydrogen-bond acceptors (Lipinski definition) is 4. The number of anilines is 1. The first-order valence-electron chi connectivity index (χ1n) is 8.25. The monoisotopic (exact) mass is 330 g/mol. The highest BCUT2D eigenvalue weighted by Crippen LogP contribution is 2.17. The zero-order chi connectivity index (χ0) is 17.1. The number of aliphatic hydroxyl groups is 1. The van der Waals surface area contributed by atoms with E-state index in [9.17, 15) is 14.7 Å². The number of aryl methyl sites for hydroxylation is 2. The number of nitrogens with zero attached hydrogens (tertiary/aromatic N) is 3. The van der Waals surface area contributed by atoms with E-state index in [-0.39, 0.29) is 24.7 Å². The van der Waals surface area contributed by atoms with Crippen molar-refractivity contribution in [2.75, 3.05) is 5.32 Å². The van der Waals surface area contributed by atoms with Gasteiger partial charge in [0.25, 0.3) is 0 Å². The van der Waals surface area contributed by atoms with Crippen molar-refractivity contribution in [2.45, 2.75) is 52.3 Å². The lowest BCUT2D eigenvalue weighted by Crippen LogP contribution is -2.30. The summed E-state index contributed by atoms with van der Waals surface area (Å²) in [4.78, 5) is 24.7. The van der Waals surface area contributed by atoms with Crippen LogP contribution in [0.1, 0.15) is 36.2 Å². The van der Waals surface area contributed by atoms with Crippen LogP contribution in [0.3, 0.4) is 0 Å². The predicted octanol–water partition coefficient (Wildman–Crippen LogP) is 1.21. The summed E-state index contributed by atoms with van der Waals surface area (Å²) < 4.78 is 2.92. The van der Waals surface area contributed by atoms with Gasteiger partial charge >= 0.3 is 5.69 Å². The molecule has 1 aliphatic rings. The Bertz CT molecular complexity index is 807. The van der Waals surface area contributed by atoms with Crippen molar-refractivity contribution in [3.05, 3.63) is 45.6 Å². The maximum Gasteiger partial charge on any atom is 0.346 e. The highest BCUT2D eigenvalue weighted by molar-refractivity contribution is 5.91. The molecule has 0 saturated heterocycles. The van der Waals surface area contributed by atoms with Gasteiger partial charge in [0, 0.05) is 18.7 Å². The van der Waals surface area contributed by atoms with Crippen molar-refractivity contribution in [2.24, 2.45) is 0 Å². The number of hydrogen-bond donors (Lipinski definition) is 2. The van der Waals surface area contributed by atoms with Crippen LogP contribution in [0.2, 0.25) is 0 Å². The van der Waals surface area contributed by atoms with Crippen molar-refractivity contribution >= 4 is 11.6 Å². The number of rotatable bonds is 4. The van der Waals surface area contributed by atoms with E-state index in [1.165, 1.54) is 4.68 Å². The number of carbonyl (C=O) groups is 1. The van der Waals surface area contributed by atoms with E-state index in [1.54, 1.807) is 10.6 Å². The van der Waals surface area contributed by atoms with Gasteiger partial charge in [-0.3, -0.25) is 9.36 Å². The highest BCUT2D eigenvalue weighted by Gasteiger charge is 2.17.